The van der Waals surface area contributed by atoms with Crippen molar-refractivity contribution in [1.82, 2.24) is 5.32 Å². The molecule has 0 bridgehead atoms. The standard InChI is InChI=1S/C18H26N2O2.ClH/c1-13-15-9-6-7-10-16(15)22-18(13)14(2)20-17(21)11-5-3-4-8-12-19;/h6-7,9-10,14H,3-5,8,11-12,19H2,1-2H3,(H,20,21);1H. The summed E-state index contributed by atoms with van der Waals surface area (Å²) >= 11 is 0. The zero-order valence-corrected chi connectivity index (χ0v) is 14.7. The maximum Gasteiger partial charge on any atom is 0.220 e. The zero-order chi connectivity index (χ0) is 15.9. The number of hydrogen-bond donors (Lipinski definition) is 2. The maximum atomic E-state index is 12.0. The Morgan fingerprint density at radius 1 is 1.22 bits per heavy atom. The number of amides is 1. The number of rotatable bonds is 8. The Morgan fingerprint density at radius 2 is 1.91 bits per heavy atom. The largest absolute Gasteiger partial charge is 0.459 e. The molecule has 1 unspecified atom stereocenters. The summed E-state index contributed by atoms with van der Waals surface area (Å²) in [4.78, 5) is 12.0. The molecule has 4 nitrogen and oxygen atoms in total. The van der Waals surface area contributed by atoms with Gasteiger partial charge in [-0.1, -0.05) is 31.0 Å². The van der Waals surface area contributed by atoms with E-state index in [1.807, 2.05) is 38.1 Å². The maximum absolute atomic E-state index is 12.0. The highest BCUT2D eigenvalue weighted by Gasteiger charge is 2.17. The minimum absolute atomic E-state index is 0. The van der Waals surface area contributed by atoms with Gasteiger partial charge in [0.05, 0.1) is 6.04 Å². The molecule has 0 aliphatic carbocycles. The Balaban J connectivity index is 0.00000264. The minimum atomic E-state index is -0.107. The highest BCUT2D eigenvalue weighted by Crippen LogP contribution is 2.29. The molecule has 128 valence electrons. The second kappa shape index (κ2) is 9.58. The lowest BCUT2D eigenvalue weighted by Gasteiger charge is -2.12. The number of carbonyl (C=O) groups is 1. The highest BCUT2D eigenvalue weighted by molar-refractivity contribution is 5.85. The first-order valence-electron chi connectivity index (χ1n) is 8.11. The van der Waals surface area contributed by atoms with E-state index in [-0.39, 0.29) is 24.4 Å². The van der Waals surface area contributed by atoms with Gasteiger partial charge in [0.15, 0.2) is 0 Å². The summed E-state index contributed by atoms with van der Waals surface area (Å²) in [5.74, 6) is 0.929. The summed E-state index contributed by atoms with van der Waals surface area (Å²) < 4.78 is 5.89. The average Bonchev–Trinajstić information content (AvgIpc) is 2.85. The lowest BCUT2D eigenvalue weighted by atomic mass is 10.1. The third kappa shape index (κ3) is 5.26. The van der Waals surface area contributed by atoms with E-state index in [0.717, 1.165) is 54.5 Å². The van der Waals surface area contributed by atoms with Crippen LogP contribution in [0.2, 0.25) is 0 Å². The van der Waals surface area contributed by atoms with Crippen molar-refractivity contribution in [2.75, 3.05) is 6.54 Å². The first-order chi connectivity index (χ1) is 10.6. The third-order valence-electron chi connectivity index (χ3n) is 4.01. The van der Waals surface area contributed by atoms with Gasteiger partial charge in [0.1, 0.15) is 11.3 Å². The molecule has 0 aliphatic heterocycles. The molecule has 0 saturated carbocycles. The van der Waals surface area contributed by atoms with Gasteiger partial charge in [0.2, 0.25) is 5.91 Å². The number of fused-ring (bicyclic) bond motifs is 1. The Bertz CT molecular complexity index is 625. The first-order valence-corrected chi connectivity index (χ1v) is 8.11. The Hall–Kier alpha value is -1.52. The highest BCUT2D eigenvalue weighted by atomic mass is 35.5. The van der Waals surface area contributed by atoms with Crippen molar-refractivity contribution in [3.8, 4) is 0 Å². The van der Waals surface area contributed by atoms with Crippen molar-refractivity contribution >= 4 is 29.3 Å². The van der Waals surface area contributed by atoms with E-state index in [0.29, 0.717) is 6.42 Å². The van der Waals surface area contributed by atoms with E-state index in [4.69, 9.17) is 10.2 Å². The molecule has 1 amide bonds. The van der Waals surface area contributed by atoms with E-state index in [2.05, 4.69) is 5.32 Å². The van der Waals surface area contributed by atoms with E-state index in [1.165, 1.54) is 0 Å². The van der Waals surface area contributed by atoms with Crippen LogP contribution in [-0.2, 0) is 4.79 Å². The molecule has 2 aromatic rings. The third-order valence-corrected chi connectivity index (χ3v) is 4.01. The second-order valence-corrected chi connectivity index (χ2v) is 5.83. The van der Waals surface area contributed by atoms with Crippen LogP contribution >= 0.6 is 12.4 Å². The molecule has 1 atom stereocenters. The fraction of sp³-hybridized carbons (Fsp3) is 0.500. The molecule has 0 aliphatic rings. The van der Waals surface area contributed by atoms with Crippen LogP contribution in [0, 0.1) is 6.92 Å². The molecule has 0 fully saturated rings. The molecule has 0 saturated heterocycles. The van der Waals surface area contributed by atoms with Crippen LogP contribution in [-0.4, -0.2) is 12.5 Å². The van der Waals surface area contributed by atoms with E-state index < -0.39 is 0 Å². The van der Waals surface area contributed by atoms with Gasteiger partial charge in [-0.15, -0.1) is 12.4 Å². The molecule has 3 N–H and O–H groups in total. The lowest BCUT2D eigenvalue weighted by molar-refractivity contribution is -0.122. The quantitative estimate of drug-likeness (QED) is 0.707. The molecule has 23 heavy (non-hydrogen) atoms. The molecule has 1 aromatic heterocycles. The monoisotopic (exact) mass is 338 g/mol. The summed E-state index contributed by atoms with van der Waals surface area (Å²) in [6.07, 6.45) is 4.67. The SMILES string of the molecule is Cc1c(C(C)NC(=O)CCCCCCN)oc2ccccc12.Cl. The number of para-hydroxylation sites is 1. The van der Waals surface area contributed by atoms with Crippen molar-refractivity contribution in [3.63, 3.8) is 0 Å². The van der Waals surface area contributed by atoms with Crippen LogP contribution in [0.5, 0.6) is 0 Å². The van der Waals surface area contributed by atoms with Crippen molar-refractivity contribution in [1.29, 1.82) is 0 Å². The smallest absolute Gasteiger partial charge is 0.220 e. The van der Waals surface area contributed by atoms with Crippen LogP contribution in [0.3, 0.4) is 0 Å². The summed E-state index contributed by atoms with van der Waals surface area (Å²) in [7, 11) is 0. The Kier molecular flexibility index (Phi) is 8.13. The van der Waals surface area contributed by atoms with Crippen LogP contribution in [0.25, 0.3) is 11.0 Å². The fourth-order valence-electron chi connectivity index (χ4n) is 2.77. The summed E-state index contributed by atoms with van der Waals surface area (Å²) in [5, 5.41) is 4.14. The van der Waals surface area contributed by atoms with Gasteiger partial charge in [-0.25, -0.2) is 0 Å². The second-order valence-electron chi connectivity index (χ2n) is 5.83. The lowest BCUT2D eigenvalue weighted by Crippen LogP contribution is -2.26. The van der Waals surface area contributed by atoms with Crippen LogP contribution in [0.15, 0.2) is 28.7 Å². The number of benzene rings is 1. The number of carbonyl (C=O) groups excluding carboxylic acids is 1. The molecule has 1 aromatic carbocycles. The number of nitrogens with one attached hydrogen (secondary N) is 1. The van der Waals surface area contributed by atoms with Gasteiger partial charge in [0.25, 0.3) is 0 Å². The molecular weight excluding hydrogens is 312 g/mol. The number of nitrogens with two attached hydrogens (primary N) is 1. The van der Waals surface area contributed by atoms with Crippen molar-refractivity contribution in [2.45, 2.75) is 52.0 Å². The van der Waals surface area contributed by atoms with E-state index >= 15 is 0 Å². The number of halogens is 1. The molecule has 0 spiro atoms. The molecule has 0 radical (unpaired) electrons. The van der Waals surface area contributed by atoms with Gasteiger partial charge < -0.3 is 15.5 Å². The minimum Gasteiger partial charge on any atom is -0.459 e. The summed E-state index contributed by atoms with van der Waals surface area (Å²) in [6.45, 7) is 4.74. The van der Waals surface area contributed by atoms with Crippen molar-refractivity contribution in [3.05, 3.63) is 35.6 Å². The van der Waals surface area contributed by atoms with Gasteiger partial charge >= 0.3 is 0 Å². The predicted molar refractivity (Wildman–Crippen MR) is 96.9 cm³/mol. The van der Waals surface area contributed by atoms with Gasteiger partial charge in [-0.05, 0) is 39.3 Å². The Labute approximate surface area is 144 Å². The number of unbranched alkanes of at least 4 members (excludes halogenated alkanes) is 3. The number of hydrogen-bond acceptors (Lipinski definition) is 3. The molecule has 5 heteroatoms. The normalized spacial score (nSPS) is 12.0. The van der Waals surface area contributed by atoms with Crippen LogP contribution in [0.1, 0.15) is 56.4 Å². The fourth-order valence-corrected chi connectivity index (χ4v) is 2.77. The number of aryl methyl sites for hydroxylation is 1. The first kappa shape index (κ1) is 19.5. The molecule has 2 rings (SSSR count). The molecule has 1 heterocycles. The van der Waals surface area contributed by atoms with Gasteiger partial charge in [-0.3, -0.25) is 4.79 Å². The van der Waals surface area contributed by atoms with Crippen LogP contribution in [0.4, 0.5) is 0 Å². The van der Waals surface area contributed by atoms with E-state index in [1.54, 1.807) is 0 Å². The van der Waals surface area contributed by atoms with E-state index in [9.17, 15) is 4.79 Å². The Morgan fingerprint density at radius 3 is 2.61 bits per heavy atom. The van der Waals surface area contributed by atoms with Crippen molar-refractivity contribution in [2.24, 2.45) is 5.73 Å². The van der Waals surface area contributed by atoms with Crippen LogP contribution < -0.4 is 11.1 Å². The summed E-state index contributed by atoms with van der Waals surface area (Å²) in [5.41, 5.74) is 7.43. The topological polar surface area (TPSA) is 68.3 Å². The van der Waals surface area contributed by atoms with Gasteiger partial charge in [-0.2, -0.15) is 0 Å². The number of furan rings is 1. The van der Waals surface area contributed by atoms with Gasteiger partial charge in [0, 0.05) is 17.4 Å². The van der Waals surface area contributed by atoms with Crippen molar-refractivity contribution < 1.29 is 9.21 Å². The summed E-state index contributed by atoms with van der Waals surface area (Å²) in [6, 6.07) is 7.85. The molecular formula is C18H27ClN2O2. The average molecular weight is 339 g/mol. The predicted octanol–water partition coefficient (Wildman–Crippen LogP) is 4.25. The zero-order valence-electron chi connectivity index (χ0n) is 13.9.